The SMILES string of the molecule is CC[C@@H](C(=O)NC1CCCCC1)N(Cc1ccccc1)C(=O)CN(c1c(C)cccc1C)S(C)(=O)=O. The van der Waals surface area contributed by atoms with Crippen LogP contribution in [0.4, 0.5) is 5.69 Å². The van der Waals surface area contributed by atoms with Gasteiger partial charge >= 0.3 is 0 Å². The summed E-state index contributed by atoms with van der Waals surface area (Å²) < 4.78 is 26.9. The molecular formula is C28H39N3O4S. The summed E-state index contributed by atoms with van der Waals surface area (Å²) in [7, 11) is -3.75. The van der Waals surface area contributed by atoms with Gasteiger partial charge in [0.05, 0.1) is 11.9 Å². The predicted molar refractivity (Wildman–Crippen MR) is 144 cm³/mol. The number of anilines is 1. The molecule has 36 heavy (non-hydrogen) atoms. The van der Waals surface area contributed by atoms with Crippen molar-refractivity contribution in [2.75, 3.05) is 17.1 Å². The lowest BCUT2D eigenvalue weighted by Crippen LogP contribution is -2.54. The van der Waals surface area contributed by atoms with Gasteiger partial charge in [0.2, 0.25) is 21.8 Å². The Morgan fingerprint density at radius 2 is 1.58 bits per heavy atom. The average Bonchev–Trinajstić information content (AvgIpc) is 2.83. The summed E-state index contributed by atoms with van der Waals surface area (Å²) in [5, 5.41) is 3.16. The summed E-state index contributed by atoms with van der Waals surface area (Å²) in [6, 6.07) is 14.4. The van der Waals surface area contributed by atoms with Gasteiger partial charge in [0.15, 0.2) is 0 Å². The minimum atomic E-state index is -3.75. The zero-order valence-electron chi connectivity index (χ0n) is 21.9. The lowest BCUT2D eigenvalue weighted by atomic mass is 9.95. The van der Waals surface area contributed by atoms with Gasteiger partial charge in [0.25, 0.3) is 0 Å². The summed E-state index contributed by atoms with van der Waals surface area (Å²) in [6.45, 7) is 5.40. The minimum absolute atomic E-state index is 0.121. The third-order valence-electron chi connectivity index (χ3n) is 6.90. The molecule has 1 N–H and O–H groups in total. The van der Waals surface area contributed by atoms with E-state index in [1.54, 1.807) is 4.90 Å². The van der Waals surface area contributed by atoms with E-state index in [9.17, 15) is 18.0 Å². The largest absolute Gasteiger partial charge is 0.352 e. The van der Waals surface area contributed by atoms with Crippen molar-refractivity contribution in [3.8, 4) is 0 Å². The van der Waals surface area contributed by atoms with E-state index in [0.29, 0.717) is 12.1 Å². The maximum atomic E-state index is 13.8. The first-order valence-corrected chi connectivity index (χ1v) is 14.6. The van der Waals surface area contributed by atoms with E-state index in [1.165, 1.54) is 10.7 Å². The molecule has 8 heteroatoms. The van der Waals surface area contributed by atoms with E-state index < -0.39 is 22.0 Å². The van der Waals surface area contributed by atoms with Gasteiger partial charge in [-0.3, -0.25) is 13.9 Å². The molecule has 1 fully saturated rings. The smallest absolute Gasteiger partial charge is 0.244 e. The van der Waals surface area contributed by atoms with Crippen molar-refractivity contribution in [3.63, 3.8) is 0 Å². The first kappa shape index (κ1) is 27.7. The van der Waals surface area contributed by atoms with Crippen molar-refractivity contribution in [2.45, 2.75) is 77.9 Å². The van der Waals surface area contributed by atoms with Crippen LogP contribution in [0.2, 0.25) is 0 Å². The lowest BCUT2D eigenvalue weighted by Gasteiger charge is -2.34. The fourth-order valence-corrected chi connectivity index (χ4v) is 5.98. The Kier molecular flexibility index (Phi) is 9.54. The van der Waals surface area contributed by atoms with Gasteiger partial charge in [0.1, 0.15) is 12.6 Å². The van der Waals surface area contributed by atoms with E-state index in [4.69, 9.17) is 0 Å². The van der Waals surface area contributed by atoms with Gasteiger partial charge < -0.3 is 10.2 Å². The molecule has 2 aromatic rings. The van der Waals surface area contributed by atoms with Gasteiger partial charge in [-0.15, -0.1) is 0 Å². The van der Waals surface area contributed by atoms with Crippen molar-refractivity contribution < 1.29 is 18.0 Å². The molecule has 2 aromatic carbocycles. The van der Waals surface area contributed by atoms with Gasteiger partial charge in [-0.1, -0.05) is 74.7 Å². The fraction of sp³-hybridized carbons (Fsp3) is 0.500. The number of para-hydroxylation sites is 1. The number of benzene rings is 2. The zero-order chi connectivity index (χ0) is 26.3. The van der Waals surface area contributed by atoms with Crippen molar-refractivity contribution in [1.82, 2.24) is 10.2 Å². The van der Waals surface area contributed by atoms with Crippen LogP contribution in [0.1, 0.15) is 62.1 Å². The molecule has 0 saturated heterocycles. The van der Waals surface area contributed by atoms with E-state index in [-0.39, 0.29) is 25.0 Å². The summed E-state index contributed by atoms with van der Waals surface area (Å²) in [5.74, 6) is -0.579. The number of carbonyl (C=O) groups is 2. The van der Waals surface area contributed by atoms with E-state index in [2.05, 4.69) is 5.32 Å². The van der Waals surface area contributed by atoms with Crippen LogP contribution in [0.15, 0.2) is 48.5 Å². The van der Waals surface area contributed by atoms with Crippen LogP contribution in [0, 0.1) is 13.8 Å². The van der Waals surface area contributed by atoms with Crippen molar-refractivity contribution in [2.24, 2.45) is 0 Å². The third-order valence-corrected chi connectivity index (χ3v) is 8.01. The van der Waals surface area contributed by atoms with Crippen LogP contribution in [0.3, 0.4) is 0 Å². The van der Waals surface area contributed by atoms with E-state index in [0.717, 1.165) is 48.6 Å². The second kappa shape index (κ2) is 12.4. The molecule has 0 aliphatic heterocycles. The van der Waals surface area contributed by atoms with Gasteiger partial charge in [0, 0.05) is 12.6 Å². The Hall–Kier alpha value is -2.87. The standard InChI is InChI=1S/C28H39N3O4S/c1-5-25(28(33)29-24-17-10-7-11-18-24)30(19-23-15-8-6-9-16-23)26(32)20-31(36(4,34)35)27-21(2)13-12-14-22(27)3/h6,8-9,12-16,24-25H,5,7,10-11,17-20H2,1-4H3,(H,29,33)/t25-/m0/s1. The predicted octanol–water partition coefficient (Wildman–Crippen LogP) is 4.33. The van der Waals surface area contributed by atoms with Gasteiger partial charge in [-0.25, -0.2) is 8.42 Å². The molecule has 1 aliphatic rings. The molecule has 0 heterocycles. The Labute approximate surface area is 215 Å². The highest BCUT2D eigenvalue weighted by Gasteiger charge is 2.33. The van der Waals surface area contributed by atoms with Crippen LogP contribution < -0.4 is 9.62 Å². The molecule has 1 atom stereocenters. The molecule has 0 bridgehead atoms. The Bertz CT molecular complexity index is 1120. The summed E-state index contributed by atoms with van der Waals surface area (Å²) in [4.78, 5) is 28.8. The highest BCUT2D eigenvalue weighted by atomic mass is 32.2. The number of carbonyl (C=O) groups excluding carboxylic acids is 2. The van der Waals surface area contributed by atoms with Crippen molar-refractivity contribution in [1.29, 1.82) is 0 Å². The summed E-state index contributed by atoms with van der Waals surface area (Å²) in [6.07, 6.45) is 6.80. The topological polar surface area (TPSA) is 86.8 Å². The van der Waals surface area contributed by atoms with Crippen molar-refractivity contribution in [3.05, 3.63) is 65.2 Å². The maximum absolute atomic E-state index is 13.8. The number of amides is 2. The Morgan fingerprint density at radius 3 is 2.14 bits per heavy atom. The molecule has 0 spiro atoms. The number of sulfonamides is 1. The molecule has 2 amide bonds. The molecule has 7 nitrogen and oxygen atoms in total. The number of nitrogens with one attached hydrogen (secondary N) is 1. The second-order valence-electron chi connectivity index (χ2n) is 9.78. The second-order valence-corrected chi connectivity index (χ2v) is 11.7. The fourth-order valence-electron chi connectivity index (χ4n) is 5.02. The number of hydrogen-bond donors (Lipinski definition) is 1. The molecule has 1 aliphatic carbocycles. The summed E-state index contributed by atoms with van der Waals surface area (Å²) in [5.41, 5.74) is 2.93. The molecule has 0 aromatic heterocycles. The number of rotatable bonds is 10. The van der Waals surface area contributed by atoms with Crippen molar-refractivity contribution >= 4 is 27.5 Å². The van der Waals surface area contributed by atoms with E-state index in [1.807, 2.05) is 69.3 Å². The Balaban J connectivity index is 1.93. The molecule has 0 unspecified atom stereocenters. The molecule has 3 rings (SSSR count). The zero-order valence-corrected chi connectivity index (χ0v) is 22.7. The van der Waals surface area contributed by atoms with Crippen LogP contribution in [0.25, 0.3) is 0 Å². The summed E-state index contributed by atoms with van der Waals surface area (Å²) >= 11 is 0. The highest BCUT2D eigenvalue weighted by Crippen LogP contribution is 2.27. The highest BCUT2D eigenvalue weighted by molar-refractivity contribution is 7.92. The molecule has 1 saturated carbocycles. The lowest BCUT2D eigenvalue weighted by molar-refractivity contribution is -0.140. The monoisotopic (exact) mass is 513 g/mol. The van der Waals surface area contributed by atoms with Crippen LogP contribution >= 0.6 is 0 Å². The third kappa shape index (κ3) is 7.09. The first-order valence-electron chi connectivity index (χ1n) is 12.8. The normalized spacial score (nSPS) is 15.2. The van der Waals surface area contributed by atoms with Gasteiger partial charge in [-0.2, -0.15) is 0 Å². The van der Waals surface area contributed by atoms with Crippen LogP contribution in [-0.2, 0) is 26.2 Å². The maximum Gasteiger partial charge on any atom is 0.244 e. The van der Waals surface area contributed by atoms with Crippen LogP contribution in [-0.4, -0.2) is 50.0 Å². The quantitative estimate of drug-likeness (QED) is 0.512. The van der Waals surface area contributed by atoms with Crippen LogP contribution in [0.5, 0.6) is 0 Å². The number of hydrogen-bond acceptors (Lipinski definition) is 4. The number of aryl methyl sites for hydroxylation is 2. The molecular weight excluding hydrogens is 474 g/mol. The minimum Gasteiger partial charge on any atom is -0.352 e. The van der Waals surface area contributed by atoms with Gasteiger partial charge in [-0.05, 0) is 49.8 Å². The molecule has 196 valence electrons. The van der Waals surface area contributed by atoms with E-state index >= 15 is 0 Å². The average molecular weight is 514 g/mol. The molecule has 0 radical (unpaired) electrons. The first-order chi connectivity index (χ1) is 17.1. The number of nitrogens with zero attached hydrogens (tertiary/aromatic N) is 2. The Morgan fingerprint density at radius 1 is 0.972 bits per heavy atom.